The fraction of sp³-hybridized carbons (Fsp3) is 0.500. The normalized spacial score (nSPS) is 18.8. The van der Waals surface area contributed by atoms with Gasteiger partial charge in [-0.2, -0.15) is 9.62 Å². The van der Waals surface area contributed by atoms with Crippen LogP contribution in [0.25, 0.3) is 0 Å². The van der Waals surface area contributed by atoms with Crippen LogP contribution < -0.4 is 4.90 Å². The predicted octanol–water partition coefficient (Wildman–Crippen LogP) is 3.09. The number of amides is 1. The summed E-state index contributed by atoms with van der Waals surface area (Å²) < 4.78 is 17.4. The zero-order chi connectivity index (χ0) is 22.0. The summed E-state index contributed by atoms with van der Waals surface area (Å²) in [7, 11) is -2.71. The number of piperidine rings is 1. The summed E-state index contributed by atoms with van der Waals surface area (Å²) in [5, 5.41) is 9.13. The molecule has 162 valence electrons. The van der Waals surface area contributed by atoms with E-state index in [9.17, 15) is 14.3 Å². The van der Waals surface area contributed by atoms with Crippen LogP contribution in [0.15, 0.2) is 28.8 Å². The Morgan fingerprint density at radius 2 is 2.03 bits per heavy atom. The molecule has 0 aromatic carbocycles. The van der Waals surface area contributed by atoms with E-state index in [-0.39, 0.29) is 10.9 Å². The van der Waals surface area contributed by atoms with Gasteiger partial charge in [0.2, 0.25) is 0 Å². The highest BCUT2D eigenvalue weighted by molar-refractivity contribution is 7.93. The number of anilines is 1. The van der Waals surface area contributed by atoms with Crippen molar-refractivity contribution >= 4 is 21.5 Å². The van der Waals surface area contributed by atoms with Crippen molar-refractivity contribution in [2.24, 2.45) is 4.36 Å². The second-order valence-electron chi connectivity index (χ2n) is 8.16. The van der Waals surface area contributed by atoms with Gasteiger partial charge >= 0.3 is 5.91 Å². The van der Waals surface area contributed by atoms with E-state index in [4.69, 9.17) is 0 Å². The molecule has 8 nitrogen and oxygen atoms in total. The molecule has 1 saturated heterocycles. The molecule has 1 unspecified atom stereocenters. The predicted molar refractivity (Wildman–Crippen MR) is 118 cm³/mol. The van der Waals surface area contributed by atoms with Gasteiger partial charge in [-0.15, -0.1) is 0 Å². The Kier molecular flexibility index (Phi) is 6.01. The first-order valence-corrected chi connectivity index (χ1v) is 12.6. The molecule has 0 N–H and O–H groups in total. The number of pyridine rings is 1. The van der Waals surface area contributed by atoms with Gasteiger partial charge < -0.3 is 4.90 Å². The minimum absolute atomic E-state index is 0.179. The number of nitrogens with zero attached hydrogens (tertiary/aromatic N) is 6. The van der Waals surface area contributed by atoms with E-state index >= 15 is 0 Å². The van der Waals surface area contributed by atoms with Crippen molar-refractivity contribution in [2.75, 3.05) is 24.2 Å². The van der Waals surface area contributed by atoms with Crippen molar-refractivity contribution in [3.63, 3.8) is 0 Å². The quantitative estimate of drug-likeness (QED) is 0.705. The molecule has 2 aromatic heterocycles. The monoisotopic (exact) mass is 438 g/mol. The lowest BCUT2D eigenvalue weighted by Crippen LogP contribution is -2.39. The summed E-state index contributed by atoms with van der Waals surface area (Å²) >= 11 is 0. The first kappa shape index (κ1) is 21.4. The minimum Gasteiger partial charge on any atom is -0.356 e. The fourth-order valence-corrected chi connectivity index (χ4v) is 5.57. The van der Waals surface area contributed by atoms with Crippen molar-refractivity contribution in [2.45, 2.75) is 50.2 Å². The Balaban J connectivity index is 1.48. The molecule has 1 aliphatic carbocycles. The molecule has 0 spiro atoms. The van der Waals surface area contributed by atoms with E-state index in [1.54, 1.807) is 24.6 Å². The van der Waals surface area contributed by atoms with Gasteiger partial charge in [0.05, 0.1) is 9.73 Å². The lowest BCUT2D eigenvalue weighted by Gasteiger charge is -2.33. The first-order valence-electron chi connectivity index (χ1n) is 10.6. The number of hydrogen-bond donors (Lipinski definition) is 0. The summed E-state index contributed by atoms with van der Waals surface area (Å²) in [5.41, 5.74) is 1.48. The number of hydrogen-bond acceptors (Lipinski definition) is 7. The molecule has 1 atom stereocenters. The van der Waals surface area contributed by atoms with Gasteiger partial charge in [0.15, 0.2) is 0 Å². The summed E-state index contributed by atoms with van der Waals surface area (Å²) in [5.74, 6) is 1.36. The smallest absolute Gasteiger partial charge is 0.303 e. The second kappa shape index (κ2) is 8.71. The number of carbonyl (C=O) groups is 1. The summed E-state index contributed by atoms with van der Waals surface area (Å²) in [6, 6.07) is 7.48. The number of nitriles is 1. The van der Waals surface area contributed by atoms with E-state index < -0.39 is 15.6 Å². The largest absolute Gasteiger partial charge is 0.356 e. The van der Waals surface area contributed by atoms with Gasteiger partial charge in [0.1, 0.15) is 29.1 Å². The average Bonchev–Trinajstić information content (AvgIpc) is 3.64. The number of carbonyl (C=O) groups excluding carboxylic acids is 1. The molecule has 31 heavy (non-hydrogen) atoms. The van der Waals surface area contributed by atoms with Crippen molar-refractivity contribution in [3.05, 3.63) is 47.2 Å². The molecule has 0 radical (unpaired) electrons. The maximum Gasteiger partial charge on any atom is 0.303 e. The first-order chi connectivity index (χ1) is 14.9. The Hall–Kier alpha value is -2.86. The molecule has 9 heteroatoms. The van der Waals surface area contributed by atoms with Gasteiger partial charge in [-0.1, -0.05) is 13.0 Å². The van der Waals surface area contributed by atoms with E-state index in [1.165, 1.54) is 0 Å². The Morgan fingerprint density at radius 3 is 2.68 bits per heavy atom. The van der Waals surface area contributed by atoms with E-state index in [2.05, 4.69) is 30.3 Å². The lowest BCUT2D eigenvalue weighted by atomic mass is 10.1. The van der Waals surface area contributed by atoms with Crippen molar-refractivity contribution in [1.82, 2.24) is 15.0 Å². The van der Waals surface area contributed by atoms with Crippen molar-refractivity contribution in [1.29, 1.82) is 5.26 Å². The standard InChI is InChI=1S/C22H26N6O2S/c1-3-15-5-4-10-24-20(15)22(29)27-31(2,30)18-8-11-28(12-9-18)19-13-17(14-23)25-21(26-19)16-6-7-16/h4-5,10,13,16,18H,3,6-9,11-12H2,1-2H3. The molecule has 2 fully saturated rings. The van der Waals surface area contributed by atoms with Crippen LogP contribution in [-0.2, 0) is 16.1 Å². The Morgan fingerprint density at radius 1 is 1.29 bits per heavy atom. The number of rotatable bonds is 5. The summed E-state index contributed by atoms with van der Waals surface area (Å²) in [6.45, 7) is 3.25. The fourth-order valence-electron chi connectivity index (χ4n) is 3.92. The van der Waals surface area contributed by atoms with Crippen LogP contribution in [0.2, 0.25) is 0 Å². The van der Waals surface area contributed by atoms with E-state index in [0.29, 0.717) is 44.0 Å². The van der Waals surface area contributed by atoms with E-state index in [0.717, 1.165) is 30.0 Å². The van der Waals surface area contributed by atoms with Crippen LogP contribution in [0.5, 0.6) is 0 Å². The summed E-state index contributed by atoms with van der Waals surface area (Å²) in [4.78, 5) is 27.9. The molecular formula is C22H26N6O2S. The van der Waals surface area contributed by atoms with Crippen LogP contribution in [-0.4, -0.2) is 49.7 Å². The maximum atomic E-state index is 13.3. The zero-order valence-electron chi connectivity index (χ0n) is 17.8. The van der Waals surface area contributed by atoms with Crippen molar-refractivity contribution in [3.8, 4) is 6.07 Å². The molecular weight excluding hydrogens is 412 g/mol. The third-order valence-corrected chi connectivity index (χ3v) is 8.15. The highest BCUT2D eigenvalue weighted by Crippen LogP contribution is 2.38. The third kappa shape index (κ3) is 4.74. The molecule has 1 aliphatic heterocycles. The Labute approximate surface area is 182 Å². The lowest BCUT2D eigenvalue weighted by molar-refractivity contribution is 0.0999. The van der Waals surface area contributed by atoms with E-state index in [1.807, 2.05) is 13.0 Å². The van der Waals surface area contributed by atoms with Gasteiger partial charge in [0.25, 0.3) is 0 Å². The highest BCUT2D eigenvalue weighted by atomic mass is 32.2. The molecule has 1 amide bonds. The topological polar surface area (TPSA) is 112 Å². The maximum absolute atomic E-state index is 13.3. The van der Waals surface area contributed by atoms with Crippen LogP contribution in [0.4, 0.5) is 5.82 Å². The second-order valence-corrected chi connectivity index (χ2v) is 10.7. The average molecular weight is 439 g/mol. The number of aromatic nitrogens is 3. The third-order valence-electron chi connectivity index (χ3n) is 5.91. The van der Waals surface area contributed by atoms with Gasteiger partial charge in [-0.05, 0) is 43.7 Å². The van der Waals surface area contributed by atoms with Crippen LogP contribution in [0, 0.1) is 11.3 Å². The summed E-state index contributed by atoms with van der Waals surface area (Å²) in [6.07, 6.45) is 7.22. The molecule has 2 aromatic rings. The molecule has 4 rings (SSSR count). The Bertz CT molecular complexity index is 1150. The molecule has 0 bridgehead atoms. The molecule has 1 saturated carbocycles. The van der Waals surface area contributed by atoms with Crippen molar-refractivity contribution < 1.29 is 9.00 Å². The van der Waals surface area contributed by atoms with Gasteiger partial charge in [-0.3, -0.25) is 9.78 Å². The van der Waals surface area contributed by atoms with Crippen LogP contribution >= 0.6 is 0 Å². The SMILES string of the molecule is CCc1cccnc1C(=O)N=S(C)(=O)C1CCN(c2cc(C#N)nc(C3CC3)n2)CC1. The zero-order valence-corrected chi connectivity index (χ0v) is 18.6. The van der Waals surface area contributed by atoms with Crippen LogP contribution in [0.1, 0.15) is 66.1 Å². The van der Waals surface area contributed by atoms with Crippen LogP contribution in [0.3, 0.4) is 0 Å². The number of aryl methyl sites for hydroxylation is 1. The minimum atomic E-state index is -2.71. The molecule has 2 aliphatic rings. The van der Waals surface area contributed by atoms with Gasteiger partial charge in [-0.25, -0.2) is 14.2 Å². The molecule has 3 heterocycles. The van der Waals surface area contributed by atoms with Gasteiger partial charge in [0, 0.05) is 42.8 Å². The highest BCUT2D eigenvalue weighted by Gasteiger charge is 2.30.